The topological polar surface area (TPSA) is 72.2 Å². The first kappa shape index (κ1) is 16.2. The SMILES string of the molecule is Cc1c(F)cc(N)cc1S(=O)(=O)NCCCC1CCCC1. The molecule has 4 nitrogen and oxygen atoms in total. The van der Waals surface area contributed by atoms with Gasteiger partial charge in [-0.05, 0) is 37.8 Å². The molecule has 0 spiro atoms. The lowest BCUT2D eigenvalue weighted by Gasteiger charge is -2.12. The van der Waals surface area contributed by atoms with Crippen molar-refractivity contribution in [3.05, 3.63) is 23.5 Å². The number of nitrogens with one attached hydrogen (secondary N) is 1. The third-order valence-electron chi connectivity index (χ3n) is 4.16. The maximum Gasteiger partial charge on any atom is 0.241 e. The maximum absolute atomic E-state index is 13.6. The molecule has 0 aliphatic heterocycles. The molecule has 1 aromatic carbocycles. The second kappa shape index (κ2) is 6.75. The van der Waals surface area contributed by atoms with E-state index in [1.807, 2.05) is 0 Å². The van der Waals surface area contributed by atoms with Crippen LogP contribution in [0.25, 0.3) is 0 Å². The van der Waals surface area contributed by atoms with Crippen LogP contribution in [0.5, 0.6) is 0 Å². The summed E-state index contributed by atoms with van der Waals surface area (Å²) < 4.78 is 40.6. The van der Waals surface area contributed by atoms with Crippen molar-refractivity contribution in [2.75, 3.05) is 12.3 Å². The second-order valence-electron chi connectivity index (χ2n) is 5.82. The Bertz CT molecular complexity index is 596. The van der Waals surface area contributed by atoms with Gasteiger partial charge >= 0.3 is 0 Å². The van der Waals surface area contributed by atoms with Crippen molar-refractivity contribution < 1.29 is 12.8 Å². The number of anilines is 1. The minimum Gasteiger partial charge on any atom is -0.399 e. The molecule has 0 atom stereocenters. The van der Waals surface area contributed by atoms with Gasteiger partial charge < -0.3 is 5.73 Å². The number of hydrogen-bond acceptors (Lipinski definition) is 3. The highest BCUT2D eigenvalue weighted by molar-refractivity contribution is 7.89. The maximum atomic E-state index is 13.6. The molecule has 21 heavy (non-hydrogen) atoms. The van der Waals surface area contributed by atoms with E-state index in [0.29, 0.717) is 6.54 Å². The number of halogens is 1. The lowest BCUT2D eigenvalue weighted by Crippen LogP contribution is -2.26. The fraction of sp³-hybridized carbons (Fsp3) is 0.600. The molecule has 6 heteroatoms. The van der Waals surface area contributed by atoms with Gasteiger partial charge in [0, 0.05) is 17.8 Å². The molecular formula is C15H23FN2O2S. The molecule has 2 rings (SSSR count). The molecule has 0 bridgehead atoms. The molecule has 1 aromatic rings. The van der Waals surface area contributed by atoms with Crippen LogP contribution >= 0.6 is 0 Å². The van der Waals surface area contributed by atoms with Crippen LogP contribution in [0.4, 0.5) is 10.1 Å². The van der Waals surface area contributed by atoms with E-state index < -0.39 is 15.8 Å². The summed E-state index contributed by atoms with van der Waals surface area (Å²) in [6.07, 6.45) is 6.95. The van der Waals surface area contributed by atoms with Crippen LogP contribution in [0.3, 0.4) is 0 Å². The van der Waals surface area contributed by atoms with E-state index in [9.17, 15) is 12.8 Å². The van der Waals surface area contributed by atoms with Crippen LogP contribution in [-0.2, 0) is 10.0 Å². The molecule has 0 unspecified atom stereocenters. The van der Waals surface area contributed by atoms with Crippen molar-refractivity contribution in [1.82, 2.24) is 4.72 Å². The molecule has 1 aliphatic rings. The van der Waals surface area contributed by atoms with Crippen LogP contribution in [-0.4, -0.2) is 15.0 Å². The summed E-state index contributed by atoms with van der Waals surface area (Å²) in [6, 6.07) is 2.44. The van der Waals surface area contributed by atoms with E-state index in [1.165, 1.54) is 38.7 Å². The lowest BCUT2D eigenvalue weighted by molar-refractivity contribution is 0.480. The summed E-state index contributed by atoms with van der Waals surface area (Å²) >= 11 is 0. The van der Waals surface area contributed by atoms with Crippen molar-refractivity contribution in [2.45, 2.75) is 50.3 Å². The van der Waals surface area contributed by atoms with E-state index in [1.54, 1.807) is 0 Å². The smallest absolute Gasteiger partial charge is 0.241 e. The monoisotopic (exact) mass is 314 g/mol. The lowest BCUT2D eigenvalue weighted by atomic mass is 10.0. The molecule has 0 saturated heterocycles. The van der Waals surface area contributed by atoms with E-state index in [-0.39, 0.29) is 16.1 Å². The number of hydrogen-bond donors (Lipinski definition) is 2. The number of rotatable bonds is 6. The summed E-state index contributed by atoms with van der Waals surface area (Å²) in [7, 11) is -3.70. The van der Waals surface area contributed by atoms with Gasteiger partial charge in [-0.25, -0.2) is 17.5 Å². The quantitative estimate of drug-likeness (QED) is 0.626. The summed E-state index contributed by atoms with van der Waals surface area (Å²) in [6.45, 7) is 1.83. The van der Waals surface area contributed by atoms with Crippen molar-refractivity contribution in [3.8, 4) is 0 Å². The van der Waals surface area contributed by atoms with E-state index >= 15 is 0 Å². The molecule has 0 aromatic heterocycles. The Hall–Kier alpha value is -1.14. The molecule has 1 saturated carbocycles. The molecule has 0 amide bonds. The number of benzene rings is 1. The van der Waals surface area contributed by atoms with E-state index in [2.05, 4.69) is 4.72 Å². The second-order valence-corrected chi connectivity index (χ2v) is 7.55. The van der Waals surface area contributed by atoms with Crippen molar-refractivity contribution in [1.29, 1.82) is 0 Å². The fourth-order valence-electron chi connectivity index (χ4n) is 2.93. The van der Waals surface area contributed by atoms with Crippen LogP contribution in [0.2, 0.25) is 0 Å². The normalized spacial score (nSPS) is 16.5. The van der Waals surface area contributed by atoms with Gasteiger partial charge in [-0.1, -0.05) is 25.7 Å². The van der Waals surface area contributed by atoms with Gasteiger partial charge in [0.2, 0.25) is 10.0 Å². The van der Waals surface area contributed by atoms with Gasteiger partial charge in [-0.2, -0.15) is 0 Å². The van der Waals surface area contributed by atoms with Crippen molar-refractivity contribution in [2.24, 2.45) is 5.92 Å². The Labute approximate surface area is 126 Å². The third kappa shape index (κ3) is 4.17. The Morgan fingerprint density at radius 1 is 1.33 bits per heavy atom. The van der Waals surface area contributed by atoms with Crippen LogP contribution in [0, 0.1) is 18.7 Å². The van der Waals surface area contributed by atoms with Crippen molar-refractivity contribution in [3.63, 3.8) is 0 Å². The average molecular weight is 314 g/mol. The standard InChI is InChI=1S/C15H23FN2O2S/c1-11-14(16)9-13(17)10-15(11)21(19,20)18-8-4-7-12-5-2-3-6-12/h9-10,12,18H,2-8,17H2,1H3. The zero-order valence-electron chi connectivity index (χ0n) is 12.4. The first-order valence-electron chi connectivity index (χ1n) is 7.45. The van der Waals surface area contributed by atoms with Gasteiger partial charge in [0.1, 0.15) is 5.82 Å². The van der Waals surface area contributed by atoms with Gasteiger partial charge in [-0.15, -0.1) is 0 Å². The van der Waals surface area contributed by atoms with Gasteiger partial charge in [-0.3, -0.25) is 0 Å². The molecule has 1 fully saturated rings. The summed E-state index contributed by atoms with van der Waals surface area (Å²) in [5, 5.41) is 0. The highest BCUT2D eigenvalue weighted by Crippen LogP contribution is 2.28. The zero-order chi connectivity index (χ0) is 15.5. The van der Waals surface area contributed by atoms with Crippen LogP contribution < -0.4 is 10.5 Å². The molecule has 0 radical (unpaired) electrons. The molecule has 0 heterocycles. The van der Waals surface area contributed by atoms with E-state index in [0.717, 1.165) is 24.8 Å². The predicted octanol–water partition coefficient (Wildman–Crippen LogP) is 2.97. The number of sulfonamides is 1. The molecular weight excluding hydrogens is 291 g/mol. The molecule has 1 aliphatic carbocycles. The third-order valence-corrected chi connectivity index (χ3v) is 5.75. The Morgan fingerprint density at radius 3 is 2.67 bits per heavy atom. The van der Waals surface area contributed by atoms with Gasteiger partial charge in [0.15, 0.2) is 0 Å². The Kier molecular flexibility index (Phi) is 5.22. The first-order valence-corrected chi connectivity index (χ1v) is 8.94. The Morgan fingerprint density at radius 2 is 2.00 bits per heavy atom. The highest BCUT2D eigenvalue weighted by atomic mass is 32.2. The van der Waals surface area contributed by atoms with Crippen molar-refractivity contribution >= 4 is 15.7 Å². The summed E-state index contributed by atoms with van der Waals surface area (Å²) in [5.41, 5.74) is 5.75. The fourth-order valence-corrected chi connectivity index (χ4v) is 4.29. The van der Waals surface area contributed by atoms with E-state index in [4.69, 9.17) is 5.73 Å². The minimum atomic E-state index is -3.70. The minimum absolute atomic E-state index is 0.0686. The Balaban J connectivity index is 1.95. The predicted molar refractivity (Wildman–Crippen MR) is 81.9 cm³/mol. The van der Waals surface area contributed by atoms with Crippen LogP contribution in [0.15, 0.2) is 17.0 Å². The van der Waals surface area contributed by atoms with Crippen LogP contribution in [0.1, 0.15) is 44.1 Å². The molecule has 118 valence electrons. The number of nitrogens with two attached hydrogens (primary N) is 1. The number of nitrogen functional groups attached to an aromatic ring is 1. The van der Waals surface area contributed by atoms with Gasteiger partial charge in [0.05, 0.1) is 4.90 Å². The molecule has 3 N–H and O–H groups in total. The summed E-state index contributed by atoms with van der Waals surface area (Å²) in [5.74, 6) is 0.141. The highest BCUT2D eigenvalue weighted by Gasteiger charge is 2.20. The average Bonchev–Trinajstić information content (AvgIpc) is 2.92. The first-order chi connectivity index (χ1) is 9.90. The largest absolute Gasteiger partial charge is 0.399 e. The summed E-state index contributed by atoms with van der Waals surface area (Å²) in [4.78, 5) is -0.0686. The van der Waals surface area contributed by atoms with Gasteiger partial charge in [0.25, 0.3) is 0 Å². The zero-order valence-corrected chi connectivity index (χ0v) is 13.2.